The molecular weight excluding hydrogens is 1280 g/mol. The van der Waals surface area contributed by atoms with Crippen LogP contribution in [-0.4, -0.2) is 141 Å². The molecule has 0 bridgehead atoms. The summed E-state index contributed by atoms with van der Waals surface area (Å²) in [6.45, 7) is 76.3. The first-order valence-corrected chi connectivity index (χ1v) is 39.5. The van der Waals surface area contributed by atoms with Crippen molar-refractivity contribution in [3.8, 4) is 5.75 Å². The average Bonchev–Trinajstić information content (AvgIpc) is 0.768. The van der Waals surface area contributed by atoms with E-state index in [0.717, 1.165) is 17.9 Å². The Hall–Kier alpha value is -4.80. The molecule has 0 fully saturated rings. The van der Waals surface area contributed by atoms with Gasteiger partial charge in [-0.2, -0.15) is 8.42 Å². The summed E-state index contributed by atoms with van der Waals surface area (Å²) in [6.07, 6.45) is 0.803. The maximum Gasteiger partial charge on any atom is 0.299 e. The third kappa shape index (κ3) is 28.5. The van der Waals surface area contributed by atoms with Crippen LogP contribution in [-0.2, 0) is 44.7 Å². The van der Waals surface area contributed by atoms with Crippen molar-refractivity contribution in [2.75, 3.05) is 68.7 Å². The Kier molecular flexibility index (Phi) is 34.2. The number of hydrogen-bond acceptors (Lipinski definition) is 14. The van der Waals surface area contributed by atoms with Crippen LogP contribution in [0.5, 0.6) is 5.75 Å². The Morgan fingerprint density at radius 3 is 1.17 bits per heavy atom. The summed E-state index contributed by atoms with van der Waals surface area (Å²) in [5.74, 6) is 4.53. The lowest BCUT2D eigenvalue weighted by molar-refractivity contribution is -0.131. The molecule has 1 aliphatic heterocycles. The van der Waals surface area contributed by atoms with E-state index in [9.17, 15) is 32.4 Å². The Morgan fingerprint density at radius 1 is 0.455 bits per heavy atom. The van der Waals surface area contributed by atoms with Gasteiger partial charge >= 0.3 is 0 Å². The SMILES string of the molecule is CC(C)(C)C(=O)CN(CCN(CC(=O)C(C)(C)C)CC(=O)C(C)(C)C)CCN(CC(=O)C(C)(C)C)CC(=O)C(C)(C)C.CC(C)OS(=O)(=O)c1cc(N(C(C)C)C(C)(C)C)ccc1N(C(C)C)C(C)C.CC(C)c1cc2c(c(C(C)C)c1)CC(C(C)C)[C@@H](c1ccc(C(C)C)c(C(C)C)c1)O2. The van der Waals surface area contributed by atoms with E-state index in [1.54, 1.807) is 19.9 Å². The van der Waals surface area contributed by atoms with Crippen LogP contribution >= 0.6 is 0 Å². The fourth-order valence-electron chi connectivity index (χ4n) is 12.6. The van der Waals surface area contributed by atoms with Crippen molar-refractivity contribution < 1.29 is 41.3 Å². The minimum absolute atomic E-state index is 0.0501. The molecule has 1 unspecified atom stereocenters. The molecule has 0 aromatic heterocycles. The average molecular weight is 1430 g/mol. The third-order valence-electron chi connectivity index (χ3n) is 19.1. The van der Waals surface area contributed by atoms with Gasteiger partial charge in [0.05, 0.1) is 44.5 Å². The number of carbonyl (C=O) groups is 5. The minimum atomic E-state index is -3.90. The summed E-state index contributed by atoms with van der Waals surface area (Å²) in [4.78, 5) is 75.3. The van der Waals surface area contributed by atoms with Gasteiger partial charge in [-0.25, -0.2) is 0 Å². The highest BCUT2D eigenvalue weighted by Gasteiger charge is 2.38. The molecule has 2 atom stereocenters. The van der Waals surface area contributed by atoms with Crippen LogP contribution < -0.4 is 14.5 Å². The molecular formula is C86H147N5O9S. The molecule has 0 amide bonds. The number of rotatable bonds is 30. The number of fused-ring (bicyclic) bond motifs is 1. The predicted molar refractivity (Wildman–Crippen MR) is 426 cm³/mol. The van der Waals surface area contributed by atoms with E-state index < -0.39 is 43.3 Å². The van der Waals surface area contributed by atoms with Crippen LogP contribution in [0.15, 0.2) is 53.4 Å². The summed E-state index contributed by atoms with van der Waals surface area (Å²) in [7, 11) is -3.90. The molecule has 0 saturated carbocycles. The Labute approximate surface area is 618 Å². The van der Waals surface area contributed by atoms with Gasteiger partial charge in [0.25, 0.3) is 10.1 Å². The molecule has 576 valence electrons. The summed E-state index contributed by atoms with van der Waals surface area (Å²) >= 11 is 0. The number of Topliss-reactive ketones (excluding diaryl/α,β-unsaturated/α-hetero) is 5. The second-order valence-corrected chi connectivity index (χ2v) is 39.3. The topological polar surface area (TPSA) is 154 Å². The van der Waals surface area contributed by atoms with Gasteiger partial charge in [0, 0.05) is 88.5 Å². The number of nitrogens with zero attached hydrogens (tertiary/aromatic N) is 5. The van der Waals surface area contributed by atoms with Gasteiger partial charge in [0.1, 0.15) is 16.7 Å². The number of hydrogen-bond donors (Lipinski definition) is 0. The molecule has 0 spiro atoms. The van der Waals surface area contributed by atoms with Crippen molar-refractivity contribution in [2.24, 2.45) is 38.9 Å². The smallest absolute Gasteiger partial charge is 0.299 e. The molecule has 15 heteroatoms. The summed E-state index contributed by atoms with van der Waals surface area (Å²) in [5, 5.41) is 0. The summed E-state index contributed by atoms with van der Waals surface area (Å²) < 4.78 is 38.6. The van der Waals surface area contributed by atoms with E-state index in [1.807, 2.05) is 131 Å². The third-order valence-corrected chi connectivity index (χ3v) is 20.6. The first-order chi connectivity index (χ1) is 45.6. The van der Waals surface area contributed by atoms with Gasteiger partial charge in [-0.05, 0) is 170 Å². The standard InChI is InChI=1S/C34H63N3O5.C30H44O.C22H40N2O3S/c1-30(2,3)25(38)20-35(16-18-36(21-26(39)31(4,5)6)22-27(40)32(7,8)9)17-19-37(23-28(41)33(10,11)12)24-29(42)34(13,14)15;1-17(2)23-14-26(20(7)8)28-16-27(21(9)10)30(31-29(28)15-23)22-11-12-24(18(3)4)25(13-22)19(5)6;1-15(2)23(16(3)4)20-13-12-19(24(17(5)6)22(9,10)11)14-21(20)28(25,26)27-18(7)8/h16-24H2,1-15H3;11-15,17-21,27,30H,16H2,1-10H3;12-18H,1-11H3/t;27?,30-;/m.1./s1. The van der Waals surface area contributed by atoms with Crippen molar-refractivity contribution in [1.82, 2.24) is 14.7 Å². The molecule has 0 aliphatic carbocycles. The van der Waals surface area contributed by atoms with Crippen molar-refractivity contribution in [1.29, 1.82) is 0 Å². The molecule has 0 N–H and O–H groups in total. The van der Waals surface area contributed by atoms with Crippen LogP contribution in [0.2, 0.25) is 0 Å². The Morgan fingerprint density at radius 2 is 0.842 bits per heavy atom. The normalized spacial score (nSPS) is 15.1. The van der Waals surface area contributed by atoms with Crippen LogP contribution in [0.25, 0.3) is 0 Å². The number of ketones is 5. The molecule has 0 saturated heterocycles. The largest absolute Gasteiger partial charge is 0.485 e. The Balaban J connectivity index is 0.000000527. The minimum Gasteiger partial charge on any atom is -0.485 e. The molecule has 4 rings (SSSR count). The molecule has 1 aliphatic rings. The van der Waals surface area contributed by atoms with Crippen molar-refractivity contribution in [2.45, 2.75) is 320 Å². The fraction of sp³-hybridized carbons (Fsp3) is 0.733. The lowest BCUT2D eigenvalue weighted by atomic mass is 9.76. The van der Waals surface area contributed by atoms with Gasteiger partial charge in [0.15, 0.2) is 28.9 Å². The zero-order valence-electron chi connectivity index (χ0n) is 70.9. The Bertz CT molecular complexity index is 3170. The van der Waals surface area contributed by atoms with Gasteiger partial charge in [0.2, 0.25) is 0 Å². The zero-order valence-corrected chi connectivity index (χ0v) is 71.7. The molecule has 1 heterocycles. The lowest BCUT2D eigenvalue weighted by Crippen LogP contribution is -2.48. The molecule has 3 aromatic carbocycles. The lowest BCUT2D eigenvalue weighted by Gasteiger charge is -2.42. The number of carbonyl (C=O) groups excluding carboxylic acids is 5. The molecule has 14 nitrogen and oxygen atoms in total. The van der Waals surface area contributed by atoms with Crippen molar-refractivity contribution >= 4 is 50.4 Å². The van der Waals surface area contributed by atoms with Crippen molar-refractivity contribution in [3.05, 3.63) is 81.9 Å². The van der Waals surface area contributed by atoms with Gasteiger partial charge in [-0.3, -0.25) is 42.9 Å². The van der Waals surface area contributed by atoms with E-state index in [4.69, 9.17) is 8.92 Å². The summed E-state index contributed by atoms with van der Waals surface area (Å²) in [5.41, 5.74) is 7.34. The van der Waals surface area contributed by atoms with Gasteiger partial charge < -0.3 is 14.5 Å². The maximum atomic E-state index is 13.1. The number of benzene rings is 3. The number of anilines is 2. The zero-order chi connectivity index (χ0) is 78.5. The van der Waals surface area contributed by atoms with Crippen LogP contribution in [0.1, 0.15) is 312 Å². The van der Waals surface area contributed by atoms with E-state index in [2.05, 4.69) is 172 Å². The van der Waals surface area contributed by atoms with Crippen molar-refractivity contribution in [3.63, 3.8) is 0 Å². The quantitative estimate of drug-likeness (QED) is 0.0581. The predicted octanol–water partition coefficient (Wildman–Crippen LogP) is 19.5. The maximum absolute atomic E-state index is 13.1. The molecule has 0 radical (unpaired) electrons. The second kappa shape index (κ2) is 37.4. The highest BCUT2D eigenvalue weighted by Crippen LogP contribution is 2.47. The molecule has 3 aromatic rings. The van der Waals surface area contributed by atoms with Gasteiger partial charge in [-0.1, -0.05) is 197 Å². The first kappa shape index (κ1) is 92.3. The fourth-order valence-corrected chi connectivity index (χ4v) is 13.9. The van der Waals surface area contributed by atoms with Crippen LogP contribution in [0.4, 0.5) is 11.4 Å². The van der Waals surface area contributed by atoms with E-state index in [-0.39, 0.29) is 96.3 Å². The monoisotopic (exact) mass is 1430 g/mol. The van der Waals surface area contributed by atoms with E-state index >= 15 is 0 Å². The van der Waals surface area contributed by atoms with E-state index in [1.165, 1.54) is 33.4 Å². The van der Waals surface area contributed by atoms with Gasteiger partial charge in [-0.15, -0.1) is 0 Å². The van der Waals surface area contributed by atoms with E-state index in [0.29, 0.717) is 67.4 Å². The highest BCUT2D eigenvalue weighted by molar-refractivity contribution is 7.87. The first-order valence-electron chi connectivity index (χ1n) is 38.1. The van der Waals surface area contributed by atoms with Crippen LogP contribution in [0.3, 0.4) is 0 Å². The summed E-state index contributed by atoms with van der Waals surface area (Å²) in [6, 6.07) is 18.1. The highest BCUT2D eigenvalue weighted by atomic mass is 32.2. The molecule has 101 heavy (non-hydrogen) atoms. The van der Waals surface area contributed by atoms with Crippen LogP contribution in [0, 0.1) is 38.9 Å². The number of ether oxygens (including phenoxy) is 1. The second-order valence-electron chi connectivity index (χ2n) is 37.8.